The molecule has 212 valence electrons. The van der Waals surface area contributed by atoms with Crippen LogP contribution in [0.2, 0.25) is 0 Å². The number of amides is 1. The number of Topliss-reactive ketones (excluding diaryl/α,β-unsaturated/α-hetero) is 1. The van der Waals surface area contributed by atoms with E-state index in [9.17, 15) is 14.7 Å². The van der Waals surface area contributed by atoms with Gasteiger partial charge in [0.15, 0.2) is 12.1 Å². The minimum Gasteiger partial charge on any atom is -0.507 e. The summed E-state index contributed by atoms with van der Waals surface area (Å²) in [4.78, 5) is 23.9. The lowest BCUT2D eigenvalue weighted by Gasteiger charge is -2.28. The molecule has 40 heavy (non-hydrogen) atoms. The lowest BCUT2D eigenvalue weighted by molar-refractivity contribution is -0.181. The number of benzene rings is 3. The van der Waals surface area contributed by atoms with Crippen molar-refractivity contribution in [3.8, 4) is 17.2 Å². The highest BCUT2D eigenvalue weighted by Gasteiger charge is 2.24. The summed E-state index contributed by atoms with van der Waals surface area (Å²) in [5.74, 6) is 0.181. The van der Waals surface area contributed by atoms with Crippen LogP contribution >= 0.6 is 0 Å². The van der Waals surface area contributed by atoms with Crippen LogP contribution in [0.5, 0.6) is 17.2 Å². The quantitative estimate of drug-likeness (QED) is 0.273. The van der Waals surface area contributed by atoms with E-state index in [0.29, 0.717) is 35.7 Å². The summed E-state index contributed by atoms with van der Waals surface area (Å²) in [5, 5.41) is 10.6. The Morgan fingerprint density at radius 1 is 1.02 bits per heavy atom. The van der Waals surface area contributed by atoms with Crippen molar-refractivity contribution in [1.82, 2.24) is 0 Å². The molecule has 1 heterocycles. The van der Waals surface area contributed by atoms with Crippen molar-refractivity contribution in [2.24, 2.45) is 5.73 Å². The van der Waals surface area contributed by atoms with Gasteiger partial charge in [0.25, 0.3) is 5.91 Å². The first-order valence-corrected chi connectivity index (χ1v) is 13.6. The summed E-state index contributed by atoms with van der Waals surface area (Å²) in [6.07, 6.45) is 3.36. The molecule has 2 unspecified atom stereocenters. The number of carbonyl (C=O) groups is 2. The molecule has 1 fully saturated rings. The second-order valence-corrected chi connectivity index (χ2v) is 9.91. The average molecular weight is 548 g/mol. The number of ether oxygens (including phenoxy) is 4. The summed E-state index contributed by atoms with van der Waals surface area (Å²) < 4.78 is 23.7. The molecule has 3 aromatic rings. The van der Waals surface area contributed by atoms with E-state index in [1.54, 1.807) is 24.3 Å². The number of nitrogens with two attached hydrogens (primary N) is 1. The Bertz CT molecular complexity index is 1330. The molecule has 1 aliphatic heterocycles. The highest BCUT2D eigenvalue weighted by molar-refractivity contribution is 5.97. The van der Waals surface area contributed by atoms with Crippen LogP contribution in [0, 0.1) is 0 Å². The van der Waals surface area contributed by atoms with Gasteiger partial charge in [-0.05, 0) is 73.6 Å². The minimum absolute atomic E-state index is 0.0121. The maximum absolute atomic E-state index is 12.1. The molecule has 0 aromatic heterocycles. The molecular weight excluding hydrogens is 510 g/mol. The van der Waals surface area contributed by atoms with Crippen molar-refractivity contribution in [2.45, 2.75) is 65.0 Å². The molecule has 3 aromatic carbocycles. The summed E-state index contributed by atoms with van der Waals surface area (Å²) in [6, 6.07) is 16.5. The van der Waals surface area contributed by atoms with Crippen molar-refractivity contribution in [3.63, 3.8) is 0 Å². The van der Waals surface area contributed by atoms with Crippen molar-refractivity contribution < 1.29 is 33.6 Å². The molecule has 2 atom stereocenters. The van der Waals surface area contributed by atoms with E-state index in [-0.39, 0.29) is 30.0 Å². The number of carbonyl (C=O) groups excluding carboxylic acids is 2. The van der Waals surface area contributed by atoms with Gasteiger partial charge in [-0.25, -0.2) is 0 Å². The molecule has 0 aliphatic carbocycles. The summed E-state index contributed by atoms with van der Waals surface area (Å²) in [6.45, 7) is 4.37. The standard InChI is InChI=1S/C32H37NO7/c1-4-7-25-28(16-14-24(20(2)34)30(25)35)39-19-21-9-11-22(12-10-21)31(40-29-8-5-6-17-38-29)23-13-15-27(37-3)26(18-23)32(33)36/h9-16,18,29,31,35H,4-8,17,19H2,1-3H3,(H2,33,36). The SMILES string of the molecule is CCCc1c(OCc2ccc(C(OC3CCCCO3)c3ccc(OC)c(C(N)=O)c3)cc2)ccc(C(C)=O)c1O. The second kappa shape index (κ2) is 13.5. The number of primary amides is 1. The molecule has 8 nitrogen and oxygen atoms in total. The zero-order valence-corrected chi connectivity index (χ0v) is 23.3. The van der Waals surface area contributed by atoms with E-state index in [4.69, 9.17) is 24.7 Å². The van der Waals surface area contributed by atoms with Crippen LogP contribution < -0.4 is 15.2 Å². The first-order chi connectivity index (χ1) is 19.3. The molecule has 0 bridgehead atoms. The average Bonchev–Trinajstić information content (AvgIpc) is 2.96. The Labute approximate surface area is 235 Å². The topological polar surface area (TPSA) is 117 Å². The zero-order valence-electron chi connectivity index (χ0n) is 23.3. The number of hydrogen-bond acceptors (Lipinski definition) is 7. The molecule has 1 amide bonds. The van der Waals surface area contributed by atoms with Crippen LogP contribution in [0.3, 0.4) is 0 Å². The number of phenols is 1. The third-order valence-electron chi connectivity index (χ3n) is 7.01. The van der Waals surface area contributed by atoms with Crippen LogP contribution in [0.15, 0.2) is 54.6 Å². The smallest absolute Gasteiger partial charge is 0.252 e. The molecule has 0 spiro atoms. The molecule has 0 radical (unpaired) electrons. The van der Waals surface area contributed by atoms with Crippen molar-refractivity contribution in [3.05, 3.63) is 88.0 Å². The number of hydrogen-bond donors (Lipinski definition) is 2. The molecule has 1 saturated heterocycles. The van der Waals surface area contributed by atoms with Gasteiger partial charge in [-0.1, -0.05) is 43.7 Å². The molecule has 8 heteroatoms. The van der Waals surface area contributed by atoms with Gasteiger partial charge < -0.3 is 29.8 Å². The highest BCUT2D eigenvalue weighted by Crippen LogP contribution is 2.35. The maximum Gasteiger partial charge on any atom is 0.252 e. The van der Waals surface area contributed by atoms with Gasteiger partial charge in [0, 0.05) is 12.2 Å². The zero-order chi connectivity index (χ0) is 28.6. The third kappa shape index (κ3) is 6.81. The summed E-state index contributed by atoms with van der Waals surface area (Å²) >= 11 is 0. The Morgan fingerprint density at radius 3 is 2.38 bits per heavy atom. The first kappa shape index (κ1) is 29.1. The van der Waals surface area contributed by atoms with Gasteiger partial charge in [-0.2, -0.15) is 0 Å². The van der Waals surface area contributed by atoms with E-state index in [2.05, 4.69) is 0 Å². The Kier molecular flexibility index (Phi) is 9.79. The second-order valence-electron chi connectivity index (χ2n) is 9.91. The van der Waals surface area contributed by atoms with Gasteiger partial charge in [-0.3, -0.25) is 9.59 Å². The molecule has 0 saturated carbocycles. The van der Waals surface area contributed by atoms with Crippen LogP contribution in [-0.2, 0) is 22.5 Å². The van der Waals surface area contributed by atoms with Crippen molar-refractivity contribution >= 4 is 11.7 Å². The Hall–Kier alpha value is -3.88. The molecular formula is C32H37NO7. The summed E-state index contributed by atoms with van der Waals surface area (Å²) in [5.41, 5.74) is 9.39. The van der Waals surface area contributed by atoms with Crippen molar-refractivity contribution in [1.29, 1.82) is 0 Å². The van der Waals surface area contributed by atoms with E-state index < -0.39 is 12.0 Å². The monoisotopic (exact) mass is 547 g/mol. The maximum atomic E-state index is 12.1. The largest absolute Gasteiger partial charge is 0.507 e. The van der Waals surface area contributed by atoms with Gasteiger partial charge in [0.1, 0.15) is 30.0 Å². The summed E-state index contributed by atoms with van der Waals surface area (Å²) in [7, 11) is 1.50. The van der Waals surface area contributed by atoms with Gasteiger partial charge in [0.2, 0.25) is 0 Å². The normalized spacial score (nSPS) is 15.8. The predicted molar refractivity (Wildman–Crippen MR) is 151 cm³/mol. The fourth-order valence-electron chi connectivity index (χ4n) is 4.88. The highest BCUT2D eigenvalue weighted by atomic mass is 16.7. The van der Waals surface area contributed by atoms with Gasteiger partial charge in [-0.15, -0.1) is 0 Å². The van der Waals surface area contributed by atoms with Crippen molar-refractivity contribution in [2.75, 3.05) is 13.7 Å². The van der Waals surface area contributed by atoms with E-state index in [0.717, 1.165) is 42.4 Å². The molecule has 3 N–H and O–H groups in total. The fraction of sp³-hybridized carbons (Fsp3) is 0.375. The Morgan fingerprint density at radius 2 is 1.75 bits per heavy atom. The van der Waals surface area contributed by atoms with Gasteiger partial charge >= 0.3 is 0 Å². The van der Waals surface area contributed by atoms with Crippen LogP contribution in [0.25, 0.3) is 0 Å². The predicted octanol–water partition coefficient (Wildman–Crippen LogP) is 5.87. The lowest BCUT2D eigenvalue weighted by atomic mass is 9.97. The van der Waals surface area contributed by atoms with E-state index in [1.165, 1.54) is 14.0 Å². The third-order valence-corrected chi connectivity index (χ3v) is 7.01. The van der Waals surface area contributed by atoms with Crippen LogP contribution in [0.4, 0.5) is 0 Å². The number of methoxy groups -OCH3 is 1. The Balaban J connectivity index is 1.57. The number of phenolic OH excluding ortho intramolecular Hbond substituents is 1. The number of ketones is 1. The van der Waals surface area contributed by atoms with Crippen LogP contribution in [0.1, 0.15) is 88.6 Å². The van der Waals surface area contributed by atoms with Crippen LogP contribution in [-0.4, -0.2) is 36.8 Å². The number of aromatic hydroxyl groups is 1. The molecule has 1 aliphatic rings. The van der Waals surface area contributed by atoms with Gasteiger partial charge in [0.05, 0.1) is 18.2 Å². The van der Waals surface area contributed by atoms with E-state index in [1.807, 2.05) is 37.3 Å². The minimum atomic E-state index is -0.580. The number of rotatable bonds is 12. The fourth-order valence-corrected chi connectivity index (χ4v) is 4.88. The first-order valence-electron chi connectivity index (χ1n) is 13.6. The molecule has 4 rings (SSSR count). The lowest BCUT2D eigenvalue weighted by Crippen LogP contribution is -2.25. The van der Waals surface area contributed by atoms with E-state index >= 15 is 0 Å².